The van der Waals surface area contributed by atoms with E-state index in [4.69, 9.17) is 14.2 Å². The van der Waals surface area contributed by atoms with Gasteiger partial charge in [0.2, 0.25) is 5.91 Å². The number of nitrogens with zero attached hydrogens (tertiary/aromatic N) is 1. The van der Waals surface area contributed by atoms with Crippen LogP contribution in [0.4, 0.5) is 5.69 Å². The molecule has 32 heavy (non-hydrogen) atoms. The van der Waals surface area contributed by atoms with Gasteiger partial charge in [-0.2, -0.15) is 0 Å². The molecule has 2 aromatic carbocycles. The van der Waals surface area contributed by atoms with Crippen LogP contribution in [0.3, 0.4) is 0 Å². The van der Waals surface area contributed by atoms with E-state index in [1.807, 2.05) is 31.2 Å². The highest BCUT2D eigenvalue weighted by Gasteiger charge is 2.28. The molecule has 8 heteroatoms. The lowest BCUT2D eigenvalue weighted by Gasteiger charge is -2.29. The highest BCUT2D eigenvalue weighted by atomic mass is 16.5. The molecule has 3 rings (SSSR count). The van der Waals surface area contributed by atoms with Crippen LogP contribution in [0, 0.1) is 0 Å². The summed E-state index contributed by atoms with van der Waals surface area (Å²) in [6.07, 6.45) is 1.47. The lowest BCUT2D eigenvalue weighted by atomic mass is 10.1. The summed E-state index contributed by atoms with van der Waals surface area (Å²) in [5.41, 5.74) is 1.79. The molecule has 0 unspecified atom stereocenters. The minimum Gasteiger partial charge on any atom is -0.485 e. The molecule has 0 radical (unpaired) electrons. The Morgan fingerprint density at radius 3 is 2.78 bits per heavy atom. The van der Waals surface area contributed by atoms with Crippen LogP contribution in [0.25, 0.3) is 0 Å². The van der Waals surface area contributed by atoms with Gasteiger partial charge in [-0.1, -0.05) is 25.1 Å². The normalized spacial score (nSPS) is 12.7. The molecule has 2 aromatic rings. The molecule has 0 atom stereocenters. The first-order chi connectivity index (χ1) is 15.5. The van der Waals surface area contributed by atoms with Gasteiger partial charge >= 0.3 is 0 Å². The Morgan fingerprint density at radius 2 is 2.00 bits per heavy atom. The zero-order valence-electron chi connectivity index (χ0n) is 18.4. The van der Waals surface area contributed by atoms with Gasteiger partial charge < -0.3 is 19.5 Å². The number of para-hydroxylation sites is 1. The predicted octanol–water partition coefficient (Wildman–Crippen LogP) is 2.39. The molecule has 0 aliphatic carbocycles. The number of fused-ring (bicyclic) bond motifs is 1. The number of benzene rings is 2. The Kier molecular flexibility index (Phi) is 8.21. The number of ether oxygens (including phenoxy) is 3. The fourth-order valence-corrected chi connectivity index (χ4v) is 3.36. The van der Waals surface area contributed by atoms with Crippen LogP contribution in [0.15, 0.2) is 42.5 Å². The van der Waals surface area contributed by atoms with Crippen molar-refractivity contribution < 1.29 is 28.6 Å². The maximum atomic E-state index is 12.8. The Hall–Kier alpha value is -3.39. The summed E-state index contributed by atoms with van der Waals surface area (Å²) in [6, 6.07) is 12.4. The Labute approximate surface area is 187 Å². The average molecular weight is 440 g/mol. The number of anilines is 1. The number of carbonyl (C=O) groups excluding carboxylic acids is 3. The van der Waals surface area contributed by atoms with E-state index < -0.39 is 0 Å². The zero-order valence-corrected chi connectivity index (χ0v) is 18.4. The highest BCUT2D eigenvalue weighted by Crippen LogP contribution is 2.33. The van der Waals surface area contributed by atoms with Gasteiger partial charge in [-0.25, -0.2) is 0 Å². The first kappa shape index (κ1) is 23.3. The topological polar surface area (TPSA) is 94.2 Å². The molecule has 0 fully saturated rings. The second-order valence-electron chi connectivity index (χ2n) is 7.32. The van der Waals surface area contributed by atoms with E-state index >= 15 is 0 Å². The quantitative estimate of drug-likeness (QED) is 0.426. The number of aryl methyl sites for hydroxylation is 1. The highest BCUT2D eigenvalue weighted by molar-refractivity contribution is 6.04. The first-order valence-corrected chi connectivity index (χ1v) is 10.6. The third-order valence-electron chi connectivity index (χ3n) is 5.09. The number of hydrogen-bond donors (Lipinski definition) is 1. The number of Topliss-reactive ketones (excluding diaryl/α,β-unsaturated/α-hetero) is 1. The van der Waals surface area contributed by atoms with E-state index in [2.05, 4.69) is 5.32 Å². The van der Waals surface area contributed by atoms with Crippen molar-refractivity contribution in [2.75, 3.05) is 44.9 Å². The molecule has 2 amide bonds. The molecule has 8 nitrogen and oxygen atoms in total. The molecule has 1 aliphatic heterocycles. The lowest BCUT2D eigenvalue weighted by molar-refractivity contribution is -0.125. The van der Waals surface area contributed by atoms with E-state index in [1.54, 1.807) is 25.3 Å². The Balaban J connectivity index is 1.69. The van der Waals surface area contributed by atoms with Crippen LogP contribution in [-0.2, 0) is 20.7 Å². The lowest BCUT2D eigenvalue weighted by Crippen LogP contribution is -2.45. The summed E-state index contributed by atoms with van der Waals surface area (Å²) in [5, 5.41) is 2.76. The number of methoxy groups -OCH3 is 1. The summed E-state index contributed by atoms with van der Waals surface area (Å²) in [7, 11) is 1.59. The largest absolute Gasteiger partial charge is 0.485 e. The molecule has 0 spiro atoms. The summed E-state index contributed by atoms with van der Waals surface area (Å²) >= 11 is 0. The van der Waals surface area contributed by atoms with Gasteiger partial charge in [-0.3, -0.25) is 19.3 Å². The van der Waals surface area contributed by atoms with E-state index in [0.29, 0.717) is 42.3 Å². The number of carbonyl (C=O) groups is 3. The number of rotatable bonds is 11. The minimum atomic E-state index is -0.345. The first-order valence-electron chi connectivity index (χ1n) is 10.6. The van der Waals surface area contributed by atoms with Crippen LogP contribution < -0.4 is 19.7 Å². The summed E-state index contributed by atoms with van der Waals surface area (Å²) < 4.78 is 16.2. The second kappa shape index (κ2) is 11.3. The molecule has 1 aliphatic rings. The van der Waals surface area contributed by atoms with Gasteiger partial charge in [0, 0.05) is 25.8 Å². The van der Waals surface area contributed by atoms with Gasteiger partial charge in [0.05, 0.1) is 5.69 Å². The van der Waals surface area contributed by atoms with Crippen LogP contribution in [-0.4, -0.2) is 57.6 Å². The predicted molar refractivity (Wildman–Crippen MR) is 119 cm³/mol. The molecule has 1 N–H and O–H groups in total. The number of amides is 2. The standard InChI is InChI=1S/C24H28N2O6/c1-3-17-7-4-5-8-21(17)31-15-20(27)18-9-10-22-19(13-18)26(24(29)16-32-22)14-23(28)25-11-6-12-30-2/h4-5,7-10,13H,3,6,11-12,14-16H2,1-2H3,(H,25,28). The molecule has 0 bridgehead atoms. The molecule has 0 saturated carbocycles. The average Bonchev–Trinajstić information content (AvgIpc) is 2.82. The van der Waals surface area contributed by atoms with E-state index in [1.165, 1.54) is 4.90 Å². The second-order valence-corrected chi connectivity index (χ2v) is 7.32. The van der Waals surface area contributed by atoms with Crippen LogP contribution in [0.1, 0.15) is 29.3 Å². The van der Waals surface area contributed by atoms with Crippen LogP contribution >= 0.6 is 0 Å². The molecule has 0 saturated heterocycles. The number of hydrogen-bond acceptors (Lipinski definition) is 6. The SMILES string of the molecule is CCc1ccccc1OCC(=O)c1ccc2c(c1)N(CC(=O)NCCCOC)C(=O)CO2. The monoisotopic (exact) mass is 440 g/mol. The maximum Gasteiger partial charge on any atom is 0.265 e. The zero-order chi connectivity index (χ0) is 22.9. The number of ketones is 1. The van der Waals surface area contributed by atoms with E-state index in [9.17, 15) is 14.4 Å². The summed E-state index contributed by atoms with van der Waals surface area (Å²) in [4.78, 5) is 38.8. The van der Waals surface area contributed by atoms with Crippen molar-refractivity contribution in [2.45, 2.75) is 19.8 Å². The van der Waals surface area contributed by atoms with Crippen molar-refractivity contribution in [3.05, 3.63) is 53.6 Å². The molecular weight excluding hydrogens is 412 g/mol. The summed E-state index contributed by atoms with van der Waals surface area (Å²) in [6.45, 7) is 2.56. The minimum absolute atomic E-state index is 0.134. The smallest absolute Gasteiger partial charge is 0.265 e. The van der Waals surface area contributed by atoms with Crippen molar-refractivity contribution in [1.29, 1.82) is 0 Å². The van der Waals surface area contributed by atoms with Crippen molar-refractivity contribution in [1.82, 2.24) is 5.32 Å². The molecule has 0 aromatic heterocycles. The fraction of sp³-hybridized carbons (Fsp3) is 0.375. The third-order valence-corrected chi connectivity index (χ3v) is 5.09. The third kappa shape index (κ3) is 5.85. The van der Waals surface area contributed by atoms with Crippen molar-refractivity contribution in [3.8, 4) is 11.5 Å². The van der Waals surface area contributed by atoms with Crippen molar-refractivity contribution >= 4 is 23.3 Å². The van der Waals surface area contributed by atoms with Gasteiger partial charge in [0.15, 0.2) is 19.0 Å². The van der Waals surface area contributed by atoms with Crippen LogP contribution in [0.2, 0.25) is 0 Å². The Morgan fingerprint density at radius 1 is 1.19 bits per heavy atom. The van der Waals surface area contributed by atoms with Gasteiger partial charge in [0.25, 0.3) is 5.91 Å². The van der Waals surface area contributed by atoms with Gasteiger partial charge in [-0.15, -0.1) is 0 Å². The number of nitrogens with one attached hydrogen (secondary N) is 1. The van der Waals surface area contributed by atoms with Crippen LogP contribution in [0.5, 0.6) is 11.5 Å². The van der Waals surface area contributed by atoms with Crippen molar-refractivity contribution in [3.63, 3.8) is 0 Å². The molecular formula is C24H28N2O6. The molecule has 1 heterocycles. The van der Waals surface area contributed by atoms with E-state index in [-0.39, 0.29) is 37.4 Å². The van der Waals surface area contributed by atoms with Crippen molar-refractivity contribution in [2.24, 2.45) is 0 Å². The Bertz CT molecular complexity index is 975. The van der Waals surface area contributed by atoms with Gasteiger partial charge in [-0.05, 0) is 42.7 Å². The fourth-order valence-electron chi connectivity index (χ4n) is 3.36. The summed E-state index contributed by atoms with van der Waals surface area (Å²) in [5.74, 6) is 0.249. The van der Waals surface area contributed by atoms with Gasteiger partial charge in [0.1, 0.15) is 18.0 Å². The maximum absolute atomic E-state index is 12.8. The molecule has 170 valence electrons. The van der Waals surface area contributed by atoms with E-state index in [0.717, 1.165) is 12.0 Å².